The van der Waals surface area contributed by atoms with Crippen LogP contribution in [0.1, 0.15) is 0 Å². The van der Waals surface area contributed by atoms with Gasteiger partial charge in [0, 0.05) is 0 Å². The molecule has 0 saturated carbocycles. The fourth-order valence-corrected chi connectivity index (χ4v) is 0. The summed E-state index contributed by atoms with van der Waals surface area (Å²) in [4.78, 5) is 0. The largest absolute Gasteiger partial charge is 3.00 e. The normalized spacial score (nSPS) is 2.57. The molecule has 0 fully saturated rings. The van der Waals surface area contributed by atoms with E-state index in [-0.39, 0.29) is 16.8 Å². The standard InChI is InChI=1S/Co.3H2NO/c;3*1-2/h;3*1-2H/q+3;3*-1. The fourth-order valence-electron chi connectivity index (χ4n) is 0. The van der Waals surface area contributed by atoms with Crippen molar-refractivity contribution in [2.75, 3.05) is 0 Å². The molecule has 0 amide bonds. The predicted octanol–water partition coefficient (Wildman–Crippen LogP) is 1.28. The van der Waals surface area contributed by atoms with Gasteiger partial charge in [-0.3, -0.25) is 0 Å². The summed E-state index contributed by atoms with van der Waals surface area (Å²) in [7, 11) is 0. The van der Waals surface area contributed by atoms with Crippen molar-refractivity contribution in [3.63, 3.8) is 0 Å². The van der Waals surface area contributed by atoms with Gasteiger partial charge in [-0.25, -0.2) is 0 Å². The Morgan fingerprint density at radius 1 is 0.571 bits per heavy atom. The first kappa shape index (κ1) is 26.7. The minimum atomic E-state index is 0. The zero-order chi connectivity index (χ0) is 6.00. The van der Waals surface area contributed by atoms with Gasteiger partial charge in [-0.15, -0.1) is 0 Å². The van der Waals surface area contributed by atoms with Crippen LogP contribution < -0.4 is 0 Å². The summed E-state index contributed by atoms with van der Waals surface area (Å²) in [6.45, 7) is 0. The molecule has 0 bridgehead atoms. The van der Waals surface area contributed by atoms with Crippen LogP contribution in [0.3, 0.4) is 0 Å². The van der Waals surface area contributed by atoms with Crippen molar-refractivity contribution >= 4 is 0 Å². The van der Waals surface area contributed by atoms with E-state index in [0.29, 0.717) is 0 Å². The first-order chi connectivity index (χ1) is 3.00. The van der Waals surface area contributed by atoms with Crippen LogP contribution in [0, 0.1) is 0 Å². The third-order valence-electron chi connectivity index (χ3n) is 0. The molecule has 0 radical (unpaired) electrons. The smallest absolute Gasteiger partial charge is 0.553 e. The van der Waals surface area contributed by atoms with Crippen LogP contribution in [-0.2, 0) is 16.8 Å². The molecular formula is H6CoN3O3. The Labute approximate surface area is 51.0 Å². The third kappa shape index (κ3) is 1610. The maximum atomic E-state index is 6.25. The number of rotatable bonds is 0. The van der Waals surface area contributed by atoms with E-state index in [4.69, 9.17) is 33.3 Å². The average molecular weight is 155 g/mol. The quantitative estimate of drug-likeness (QED) is 0.455. The molecule has 0 aliphatic rings. The van der Waals surface area contributed by atoms with Crippen molar-refractivity contribution in [2.24, 2.45) is 0 Å². The minimum absolute atomic E-state index is 0. The molecule has 0 saturated heterocycles. The van der Waals surface area contributed by atoms with Gasteiger partial charge in [0.25, 0.3) is 0 Å². The van der Waals surface area contributed by atoms with Crippen LogP contribution in [0.5, 0.6) is 0 Å². The van der Waals surface area contributed by atoms with Crippen LogP contribution >= 0.6 is 0 Å². The molecular weight excluding hydrogens is 149 g/mol. The summed E-state index contributed by atoms with van der Waals surface area (Å²) in [5.41, 5.74) is 0. The molecule has 0 aromatic carbocycles. The molecule has 7 heteroatoms. The summed E-state index contributed by atoms with van der Waals surface area (Å²) in [5, 5.41) is 18.8. The zero-order valence-electron chi connectivity index (χ0n) is 3.17. The molecule has 7 heavy (non-hydrogen) atoms. The Balaban J connectivity index is -0.00000000900. The maximum Gasteiger partial charge on any atom is 3.00 e. The Hall–Kier alpha value is 0.266. The average Bonchev–Trinajstić information content (AvgIpc) is 1.81. The molecule has 0 aliphatic heterocycles. The number of nitrogens with one attached hydrogen (secondary N) is 3. The van der Waals surface area contributed by atoms with Crippen molar-refractivity contribution in [2.45, 2.75) is 0 Å². The van der Waals surface area contributed by atoms with Crippen LogP contribution in [0.25, 0.3) is 17.7 Å². The van der Waals surface area contributed by atoms with Gasteiger partial charge in [0.05, 0.1) is 0 Å². The second kappa shape index (κ2) is 2450. The molecule has 0 unspecified atom stereocenters. The van der Waals surface area contributed by atoms with Gasteiger partial charge in [-0.1, -0.05) is 0 Å². The Morgan fingerprint density at radius 3 is 0.571 bits per heavy atom. The molecule has 0 aliphatic carbocycles. The maximum absolute atomic E-state index is 6.25. The van der Waals surface area contributed by atoms with Crippen molar-refractivity contribution in [3.8, 4) is 0 Å². The van der Waals surface area contributed by atoms with Gasteiger partial charge in [-0.05, 0) is 0 Å². The van der Waals surface area contributed by atoms with Crippen molar-refractivity contribution < 1.29 is 32.4 Å². The third-order valence-corrected chi connectivity index (χ3v) is 0. The summed E-state index contributed by atoms with van der Waals surface area (Å²) < 4.78 is 0. The van der Waals surface area contributed by atoms with E-state index in [1.165, 1.54) is 0 Å². The Morgan fingerprint density at radius 2 is 0.571 bits per heavy atom. The fraction of sp³-hybridized carbons (Fsp3) is 0. The van der Waals surface area contributed by atoms with Gasteiger partial charge in [0.2, 0.25) is 0 Å². The van der Waals surface area contributed by atoms with Gasteiger partial charge < -0.3 is 33.3 Å². The van der Waals surface area contributed by atoms with Crippen molar-refractivity contribution in [1.82, 2.24) is 0 Å². The van der Waals surface area contributed by atoms with E-state index >= 15 is 0 Å². The number of hydrogen-bond acceptors (Lipinski definition) is 3. The summed E-state index contributed by atoms with van der Waals surface area (Å²) in [6, 6.07) is 0. The molecule has 0 rings (SSSR count). The summed E-state index contributed by atoms with van der Waals surface area (Å²) in [5.74, 6) is 14.2. The second-order valence-electron chi connectivity index (χ2n) is 0. The summed E-state index contributed by atoms with van der Waals surface area (Å²) in [6.07, 6.45) is 0. The molecule has 0 aromatic heterocycles. The van der Waals surface area contributed by atoms with Gasteiger partial charge in [0.15, 0.2) is 0 Å². The first-order valence-electron chi connectivity index (χ1n) is 0.671. The molecule has 0 atom stereocenters. The van der Waals surface area contributed by atoms with Crippen LogP contribution in [0.15, 0.2) is 0 Å². The van der Waals surface area contributed by atoms with E-state index in [2.05, 4.69) is 0 Å². The van der Waals surface area contributed by atoms with Crippen LogP contribution in [0.2, 0.25) is 0 Å². The van der Waals surface area contributed by atoms with E-state index in [1.807, 2.05) is 0 Å². The van der Waals surface area contributed by atoms with Crippen molar-refractivity contribution in [3.05, 3.63) is 17.7 Å². The monoisotopic (exact) mass is 155 g/mol. The van der Waals surface area contributed by atoms with E-state index in [9.17, 15) is 0 Å². The topological polar surface area (TPSA) is 132 Å². The molecule has 6 nitrogen and oxygen atoms in total. The van der Waals surface area contributed by atoms with Gasteiger partial charge in [-0.2, -0.15) is 0 Å². The Bertz CT molecular complexity index is 10.1. The number of hydrogen-bond donors (Lipinski definition) is 3. The van der Waals surface area contributed by atoms with Gasteiger partial charge >= 0.3 is 16.8 Å². The first-order valence-corrected chi connectivity index (χ1v) is 0.671. The molecule has 0 heterocycles. The molecule has 48 valence electrons. The second-order valence-corrected chi connectivity index (χ2v) is 0. The van der Waals surface area contributed by atoms with E-state index in [0.717, 1.165) is 0 Å². The zero-order valence-corrected chi connectivity index (χ0v) is 4.22. The van der Waals surface area contributed by atoms with Crippen LogP contribution in [0.4, 0.5) is 0 Å². The van der Waals surface area contributed by atoms with Crippen LogP contribution in [-0.4, -0.2) is 15.6 Å². The predicted molar refractivity (Wildman–Crippen MR) is 18.3 cm³/mol. The van der Waals surface area contributed by atoms with Crippen molar-refractivity contribution in [1.29, 1.82) is 0 Å². The molecule has 0 aromatic rings. The molecule has 0 spiro atoms. The SMILES string of the molecule is [Co+3].[NH-]O.[NH-]O.[NH-]O. The Kier molecular flexibility index (Phi) is 9350. The van der Waals surface area contributed by atoms with Gasteiger partial charge in [0.1, 0.15) is 0 Å². The van der Waals surface area contributed by atoms with E-state index in [1.54, 1.807) is 0 Å². The van der Waals surface area contributed by atoms with E-state index < -0.39 is 0 Å². The summed E-state index contributed by atoms with van der Waals surface area (Å²) >= 11 is 0. The minimum Gasteiger partial charge on any atom is -0.553 e. The molecule has 6 N–H and O–H groups in total.